The van der Waals surface area contributed by atoms with Gasteiger partial charge in [0.25, 0.3) is 5.91 Å². The van der Waals surface area contributed by atoms with Gasteiger partial charge in [0.15, 0.2) is 6.54 Å². The van der Waals surface area contributed by atoms with Gasteiger partial charge in [-0.2, -0.15) is 0 Å². The highest BCUT2D eigenvalue weighted by Gasteiger charge is 2.11. The lowest BCUT2D eigenvalue weighted by molar-refractivity contribution is -0.871. The minimum atomic E-state index is -0.0407. The second-order valence-corrected chi connectivity index (χ2v) is 6.79. The Kier molecular flexibility index (Phi) is 7.29. The first-order valence-electron chi connectivity index (χ1n) is 8.51. The Bertz CT molecular complexity index is 719. The fraction of sp³-hybridized carbons (Fsp3) is 0.350. The first-order valence-corrected chi connectivity index (χ1v) is 8.89. The average Bonchev–Trinajstić information content (AvgIpc) is 2.56. The molecule has 2 aromatic rings. The number of benzene rings is 2. The van der Waals surface area contributed by atoms with E-state index >= 15 is 0 Å². The van der Waals surface area contributed by atoms with Crippen LogP contribution in [0.15, 0.2) is 42.5 Å². The number of hydrogen-bond donors (Lipinski definition) is 2. The van der Waals surface area contributed by atoms with Crippen molar-refractivity contribution in [3.05, 3.63) is 58.6 Å². The fourth-order valence-corrected chi connectivity index (χ4v) is 2.72. The van der Waals surface area contributed by atoms with Crippen LogP contribution in [0.5, 0.6) is 5.75 Å². The number of amides is 1. The summed E-state index contributed by atoms with van der Waals surface area (Å²) >= 11 is 6.05. The van der Waals surface area contributed by atoms with Gasteiger partial charge in [-0.05, 0) is 43.2 Å². The molecule has 0 aliphatic carbocycles. The molecule has 25 heavy (non-hydrogen) atoms. The number of hydrogen-bond acceptors (Lipinski definition) is 2. The zero-order chi connectivity index (χ0) is 18.2. The molecule has 0 aliphatic heterocycles. The summed E-state index contributed by atoms with van der Waals surface area (Å²) in [6.07, 6.45) is 0.887. The van der Waals surface area contributed by atoms with Gasteiger partial charge in [0.05, 0.1) is 30.9 Å². The van der Waals surface area contributed by atoms with Crippen molar-refractivity contribution in [1.29, 1.82) is 0 Å². The first kappa shape index (κ1) is 19.3. The largest absolute Gasteiger partial charge is 0.493 e. The van der Waals surface area contributed by atoms with Crippen molar-refractivity contribution in [1.82, 2.24) is 0 Å². The van der Waals surface area contributed by atoms with Crippen LogP contribution in [0.4, 0.5) is 5.69 Å². The normalized spacial score (nSPS) is 11.8. The number of halogens is 1. The Labute approximate surface area is 154 Å². The van der Waals surface area contributed by atoms with Crippen molar-refractivity contribution in [3.8, 4) is 5.75 Å². The van der Waals surface area contributed by atoms with E-state index < -0.39 is 0 Å². The number of aryl methyl sites for hydroxylation is 2. The van der Waals surface area contributed by atoms with Crippen LogP contribution in [-0.4, -0.2) is 32.7 Å². The molecule has 0 radical (unpaired) electrons. The maximum absolute atomic E-state index is 12.1. The Morgan fingerprint density at radius 1 is 1.20 bits per heavy atom. The van der Waals surface area contributed by atoms with Gasteiger partial charge < -0.3 is 15.0 Å². The van der Waals surface area contributed by atoms with E-state index in [1.165, 1.54) is 5.56 Å². The van der Waals surface area contributed by atoms with E-state index in [9.17, 15) is 4.79 Å². The third-order valence-corrected chi connectivity index (χ3v) is 4.29. The van der Waals surface area contributed by atoms with Crippen molar-refractivity contribution < 1.29 is 14.4 Å². The molecule has 1 amide bonds. The summed E-state index contributed by atoms with van der Waals surface area (Å²) < 4.78 is 5.85. The molecule has 0 fully saturated rings. The SMILES string of the molecule is Cc1ccc(C)c(OCCC[NH+](C)CC(=O)Nc2ccccc2Cl)c1. The molecule has 0 aromatic heterocycles. The third-order valence-electron chi connectivity index (χ3n) is 3.96. The number of carbonyl (C=O) groups is 1. The van der Waals surface area contributed by atoms with Crippen LogP contribution >= 0.6 is 11.6 Å². The Morgan fingerprint density at radius 3 is 2.72 bits per heavy atom. The molecule has 0 heterocycles. The number of anilines is 1. The highest BCUT2D eigenvalue weighted by molar-refractivity contribution is 6.33. The second-order valence-electron chi connectivity index (χ2n) is 6.38. The molecule has 4 nitrogen and oxygen atoms in total. The van der Waals surface area contributed by atoms with Gasteiger partial charge in [-0.1, -0.05) is 35.9 Å². The molecular weight excluding hydrogens is 336 g/mol. The Hall–Kier alpha value is -2.04. The summed E-state index contributed by atoms with van der Waals surface area (Å²) in [6.45, 7) is 6.01. The number of rotatable bonds is 8. The van der Waals surface area contributed by atoms with Crippen molar-refractivity contribution >= 4 is 23.2 Å². The Balaban J connectivity index is 1.70. The number of para-hydroxylation sites is 1. The van der Waals surface area contributed by atoms with Crippen molar-refractivity contribution in [2.75, 3.05) is 32.1 Å². The lowest BCUT2D eigenvalue weighted by Gasteiger charge is -2.15. The predicted molar refractivity (Wildman–Crippen MR) is 103 cm³/mol. The summed E-state index contributed by atoms with van der Waals surface area (Å²) in [5.41, 5.74) is 2.99. The summed E-state index contributed by atoms with van der Waals surface area (Å²) in [5.74, 6) is 0.898. The molecule has 1 atom stereocenters. The molecule has 5 heteroatoms. The molecule has 0 saturated carbocycles. The van der Waals surface area contributed by atoms with E-state index in [1.807, 2.05) is 26.1 Å². The monoisotopic (exact) mass is 361 g/mol. The molecular formula is C20H26ClN2O2+. The lowest BCUT2D eigenvalue weighted by Crippen LogP contribution is -3.10. The van der Waals surface area contributed by atoms with E-state index in [1.54, 1.807) is 12.1 Å². The zero-order valence-electron chi connectivity index (χ0n) is 15.1. The smallest absolute Gasteiger partial charge is 0.279 e. The van der Waals surface area contributed by atoms with Crippen LogP contribution in [0.1, 0.15) is 17.5 Å². The van der Waals surface area contributed by atoms with E-state index in [2.05, 4.69) is 30.4 Å². The molecule has 2 N–H and O–H groups in total. The molecule has 2 rings (SSSR count). The highest BCUT2D eigenvalue weighted by atomic mass is 35.5. The van der Waals surface area contributed by atoms with Gasteiger partial charge in [-0.25, -0.2) is 0 Å². The van der Waals surface area contributed by atoms with Crippen molar-refractivity contribution in [2.45, 2.75) is 20.3 Å². The molecule has 0 saturated heterocycles. The van der Waals surface area contributed by atoms with Gasteiger partial charge in [0.2, 0.25) is 0 Å². The Morgan fingerprint density at radius 2 is 1.96 bits per heavy atom. The number of likely N-dealkylation sites (N-methyl/N-ethyl adjacent to an activating group) is 1. The van der Waals surface area contributed by atoms with Gasteiger partial charge in [0.1, 0.15) is 5.75 Å². The van der Waals surface area contributed by atoms with Crippen molar-refractivity contribution in [2.24, 2.45) is 0 Å². The van der Waals surface area contributed by atoms with Gasteiger partial charge in [-0.3, -0.25) is 4.79 Å². The van der Waals surface area contributed by atoms with Crippen molar-refractivity contribution in [3.63, 3.8) is 0 Å². The molecule has 134 valence electrons. The summed E-state index contributed by atoms with van der Waals surface area (Å²) in [5, 5.41) is 3.40. The van der Waals surface area contributed by atoms with E-state index in [-0.39, 0.29) is 5.91 Å². The predicted octanol–water partition coefficient (Wildman–Crippen LogP) is 2.88. The first-order chi connectivity index (χ1) is 12.0. The quantitative estimate of drug-likeness (QED) is 0.710. The van der Waals surface area contributed by atoms with Crippen LogP contribution in [0, 0.1) is 13.8 Å². The third kappa shape index (κ3) is 6.40. The summed E-state index contributed by atoms with van der Waals surface area (Å²) in [7, 11) is 2.00. The van der Waals surface area contributed by atoms with E-state index in [0.717, 1.165) is 29.2 Å². The maximum Gasteiger partial charge on any atom is 0.279 e. The molecule has 0 bridgehead atoms. The number of carbonyl (C=O) groups excluding carboxylic acids is 1. The zero-order valence-corrected chi connectivity index (χ0v) is 15.8. The maximum atomic E-state index is 12.1. The number of quaternary nitrogens is 1. The van der Waals surface area contributed by atoms with Gasteiger partial charge >= 0.3 is 0 Å². The van der Waals surface area contributed by atoms with Crippen LogP contribution < -0.4 is 15.0 Å². The van der Waals surface area contributed by atoms with E-state index in [0.29, 0.717) is 23.9 Å². The minimum absolute atomic E-state index is 0.0407. The molecule has 1 unspecified atom stereocenters. The van der Waals surface area contributed by atoms with Crippen LogP contribution in [0.2, 0.25) is 5.02 Å². The summed E-state index contributed by atoms with van der Waals surface area (Å²) in [6, 6.07) is 13.5. The highest BCUT2D eigenvalue weighted by Crippen LogP contribution is 2.20. The van der Waals surface area contributed by atoms with Gasteiger partial charge in [-0.15, -0.1) is 0 Å². The molecule has 2 aromatic carbocycles. The number of ether oxygens (including phenoxy) is 1. The minimum Gasteiger partial charge on any atom is -0.493 e. The standard InChI is InChI=1S/C20H25ClN2O2/c1-15-9-10-16(2)19(13-15)25-12-6-11-23(3)14-20(24)22-18-8-5-4-7-17(18)21/h4-5,7-10,13H,6,11-12,14H2,1-3H3,(H,22,24)/p+1. The van der Waals surface area contributed by atoms with Crippen LogP contribution in [0.25, 0.3) is 0 Å². The second kappa shape index (κ2) is 9.44. The fourth-order valence-electron chi connectivity index (χ4n) is 2.54. The number of nitrogens with one attached hydrogen (secondary N) is 2. The lowest BCUT2D eigenvalue weighted by atomic mass is 10.1. The average molecular weight is 362 g/mol. The molecule has 0 aliphatic rings. The van der Waals surface area contributed by atoms with Crippen LogP contribution in [-0.2, 0) is 4.79 Å². The topological polar surface area (TPSA) is 42.8 Å². The summed E-state index contributed by atoms with van der Waals surface area (Å²) in [4.78, 5) is 13.2. The van der Waals surface area contributed by atoms with Gasteiger partial charge in [0, 0.05) is 6.42 Å². The molecule has 0 spiro atoms. The van der Waals surface area contributed by atoms with Crippen LogP contribution in [0.3, 0.4) is 0 Å². The van der Waals surface area contributed by atoms with E-state index in [4.69, 9.17) is 16.3 Å².